The first-order chi connectivity index (χ1) is 4.96. The van der Waals surface area contributed by atoms with Crippen molar-refractivity contribution < 1.29 is 38.5 Å². The van der Waals surface area contributed by atoms with Gasteiger partial charge in [-0.3, -0.25) is 9.59 Å². The van der Waals surface area contributed by atoms with Gasteiger partial charge in [0.15, 0.2) is 5.41 Å². The van der Waals surface area contributed by atoms with E-state index in [1.807, 2.05) is 0 Å². The fourth-order valence-electron chi connectivity index (χ4n) is 0.444. The maximum atomic E-state index is 10.8. The Morgan fingerprint density at radius 2 is 1.33 bits per heavy atom. The van der Waals surface area contributed by atoms with E-state index in [1.54, 1.807) is 0 Å². The van der Waals surface area contributed by atoms with Gasteiger partial charge in [-0.15, -0.1) is 0 Å². The Bertz CT molecular complexity index is 158. The molecule has 0 spiro atoms. The summed E-state index contributed by atoms with van der Waals surface area (Å²) in [7, 11) is 5.78. The van der Waals surface area contributed by atoms with Gasteiger partial charge in [0.25, 0.3) is 11.9 Å². The van der Waals surface area contributed by atoms with Crippen LogP contribution in [-0.2, 0) is 38.5 Å². The van der Waals surface area contributed by atoms with E-state index < -0.39 is 17.4 Å². The van der Waals surface area contributed by atoms with E-state index in [9.17, 15) is 9.59 Å². The SMILES string of the molecule is [CH2-]OC(=O)C(C)(C)C(=O)O[CH2-].[Zn+2]. The third-order valence-electron chi connectivity index (χ3n) is 1.28. The molecule has 0 aliphatic heterocycles. The molecule has 0 aliphatic rings. The summed E-state index contributed by atoms with van der Waals surface area (Å²) in [5.74, 6) is -1.49. The van der Waals surface area contributed by atoms with Crippen LogP contribution in [0.4, 0.5) is 0 Å². The van der Waals surface area contributed by atoms with E-state index in [4.69, 9.17) is 0 Å². The summed E-state index contributed by atoms with van der Waals surface area (Å²) in [6.45, 7) is 2.74. The van der Waals surface area contributed by atoms with Crippen LogP contribution in [0, 0.1) is 19.6 Å². The topological polar surface area (TPSA) is 52.6 Å². The fourth-order valence-corrected chi connectivity index (χ4v) is 0.444. The molecule has 0 bridgehead atoms. The van der Waals surface area contributed by atoms with Crippen molar-refractivity contribution in [2.24, 2.45) is 5.41 Å². The van der Waals surface area contributed by atoms with Gasteiger partial charge < -0.3 is 9.47 Å². The summed E-state index contributed by atoms with van der Waals surface area (Å²) in [5.41, 5.74) is -1.33. The van der Waals surface area contributed by atoms with Crippen molar-refractivity contribution in [3.8, 4) is 0 Å². The number of hydrogen-bond donors (Lipinski definition) is 0. The smallest absolute Gasteiger partial charge is 0.639 e. The van der Waals surface area contributed by atoms with Crippen molar-refractivity contribution >= 4 is 11.9 Å². The van der Waals surface area contributed by atoms with E-state index in [0.717, 1.165) is 0 Å². The predicted octanol–water partition coefficient (Wildman–Crippen LogP) is 0.680. The first-order valence-electron chi connectivity index (χ1n) is 2.89. The van der Waals surface area contributed by atoms with Crippen molar-refractivity contribution in [3.63, 3.8) is 0 Å². The van der Waals surface area contributed by atoms with Gasteiger partial charge in [0.2, 0.25) is 0 Å². The Labute approximate surface area is 84.4 Å². The average molecular weight is 224 g/mol. The number of rotatable bonds is 2. The number of esters is 2. The number of hydrogen-bond acceptors (Lipinski definition) is 4. The standard InChI is InChI=1S/C7H10O4.Zn/c1-7(2,5(8)10-3)6(9)11-4;/h3-4H2,1-2H3;/q-2;+2. The molecule has 0 unspecified atom stereocenters. The molecule has 0 rings (SSSR count). The van der Waals surface area contributed by atoms with Crippen molar-refractivity contribution in [2.75, 3.05) is 0 Å². The molecule has 0 saturated heterocycles. The molecule has 0 amide bonds. The van der Waals surface area contributed by atoms with Gasteiger partial charge in [0.1, 0.15) is 0 Å². The predicted molar refractivity (Wildman–Crippen MR) is 36.7 cm³/mol. The number of carbonyl (C=O) groups is 2. The minimum absolute atomic E-state index is 0. The van der Waals surface area contributed by atoms with Crippen LogP contribution in [-0.4, -0.2) is 11.9 Å². The van der Waals surface area contributed by atoms with Crippen molar-refractivity contribution in [3.05, 3.63) is 14.2 Å². The molecule has 0 aromatic carbocycles. The molecule has 0 fully saturated rings. The summed E-state index contributed by atoms with van der Waals surface area (Å²) in [6, 6.07) is 0. The minimum atomic E-state index is -1.33. The molecule has 0 heterocycles. The number of ether oxygens (including phenoxy) is 2. The van der Waals surface area contributed by atoms with Gasteiger partial charge in [0.05, 0.1) is 0 Å². The molecule has 4 nitrogen and oxygen atoms in total. The monoisotopic (exact) mass is 222 g/mol. The third-order valence-corrected chi connectivity index (χ3v) is 1.28. The van der Waals surface area contributed by atoms with Gasteiger partial charge in [-0.25, -0.2) is 0 Å². The van der Waals surface area contributed by atoms with Gasteiger partial charge >= 0.3 is 19.5 Å². The van der Waals surface area contributed by atoms with Gasteiger partial charge in [-0.05, 0) is 13.8 Å². The number of carbonyl (C=O) groups excluding carboxylic acids is 2. The first-order valence-corrected chi connectivity index (χ1v) is 2.89. The molecular formula is C7H10O4Zn. The van der Waals surface area contributed by atoms with Gasteiger partial charge in [0, 0.05) is 0 Å². The van der Waals surface area contributed by atoms with Gasteiger partial charge in [-0.2, -0.15) is 14.2 Å². The largest absolute Gasteiger partial charge is 2.00 e. The fraction of sp³-hybridized carbons (Fsp3) is 0.429. The minimum Gasteiger partial charge on any atom is -0.639 e. The summed E-state index contributed by atoms with van der Waals surface area (Å²) in [6.07, 6.45) is 0. The van der Waals surface area contributed by atoms with Crippen LogP contribution < -0.4 is 0 Å². The van der Waals surface area contributed by atoms with Crippen molar-refractivity contribution in [1.82, 2.24) is 0 Å². The summed E-state index contributed by atoms with van der Waals surface area (Å²) in [5, 5.41) is 0. The van der Waals surface area contributed by atoms with E-state index in [1.165, 1.54) is 13.8 Å². The molecule has 0 atom stereocenters. The first kappa shape index (κ1) is 14.1. The Morgan fingerprint density at radius 3 is 1.50 bits per heavy atom. The zero-order valence-electron chi connectivity index (χ0n) is 7.25. The molecule has 0 radical (unpaired) electrons. The Morgan fingerprint density at radius 1 is 1.08 bits per heavy atom. The normalized spacial score (nSPS) is 9.67. The maximum Gasteiger partial charge on any atom is 2.00 e. The molecule has 0 N–H and O–H groups in total. The molecule has 0 aliphatic carbocycles. The van der Waals surface area contributed by atoms with Crippen LogP contribution in [0.5, 0.6) is 0 Å². The van der Waals surface area contributed by atoms with Gasteiger partial charge in [-0.1, -0.05) is 0 Å². The zero-order chi connectivity index (χ0) is 9.07. The second-order valence-electron chi connectivity index (χ2n) is 2.49. The summed E-state index contributed by atoms with van der Waals surface area (Å²) >= 11 is 0. The Balaban J connectivity index is 0. The molecule has 5 heteroatoms. The maximum absolute atomic E-state index is 10.8. The third kappa shape index (κ3) is 2.90. The quantitative estimate of drug-likeness (QED) is 0.299. The Kier molecular flexibility index (Phi) is 6.17. The van der Waals surface area contributed by atoms with Crippen LogP contribution in [0.1, 0.15) is 13.8 Å². The average Bonchev–Trinajstić information content (AvgIpc) is 2.01. The van der Waals surface area contributed by atoms with Crippen LogP contribution in [0.3, 0.4) is 0 Å². The van der Waals surface area contributed by atoms with E-state index >= 15 is 0 Å². The van der Waals surface area contributed by atoms with E-state index in [-0.39, 0.29) is 19.5 Å². The van der Waals surface area contributed by atoms with Crippen LogP contribution >= 0.6 is 0 Å². The van der Waals surface area contributed by atoms with Crippen molar-refractivity contribution in [2.45, 2.75) is 13.8 Å². The van der Waals surface area contributed by atoms with Crippen LogP contribution in [0.15, 0.2) is 0 Å². The summed E-state index contributed by atoms with van der Waals surface area (Å²) < 4.78 is 8.24. The van der Waals surface area contributed by atoms with E-state index in [2.05, 4.69) is 23.7 Å². The summed E-state index contributed by atoms with van der Waals surface area (Å²) in [4.78, 5) is 21.6. The van der Waals surface area contributed by atoms with Crippen LogP contribution in [0.25, 0.3) is 0 Å². The van der Waals surface area contributed by atoms with Crippen LogP contribution in [0.2, 0.25) is 0 Å². The molecule has 0 aromatic rings. The molecule has 0 aromatic heterocycles. The second kappa shape index (κ2) is 5.25. The Hall–Kier alpha value is -0.437. The second-order valence-corrected chi connectivity index (χ2v) is 2.49. The zero-order valence-corrected chi connectivity index (χ0v) is 10.2. The van der Waals surface area contributed by atoms with E-state index in [0.29, 0.717) is 0 Å². The molecule has 0 saturated carbocycles. The molecular weight excluding hydrogens is 213 g/mol. The molecule has 64 valence electrons. The van der Waals surface area contributed by atoms with Crippen molar-refractivity contribution in [1.29, 1.82) is 0 Å². The molecule has 12 heavy (non-hydrogen) atoms.